The number of amides is 1. The van der Waals surface area contributed by atoms with Crippen LogP contribution in [0.3, 0.4) is 0 Å². The molecule has 0 spiro atoms. The second-order valence-corrected chi connectivity index (χ2v) is 7.16. The van der Waals surface area contributed by atoms with E-state index in [1.807, 2.05) is 30.3 Å². The number of carbonyl (C=O) groups excluding carboxylic acids is 1. The Morgan fingerprint density at radius 2 is 2.15 bits per heavy atom. The second kappa shape index (κ2) is 7.53. The fourth-order valence-electron chi connectivity index (χ4n) is 4.23. The number of anilines is 1. The zero-order chi connectivity index (χ0) is 18.8. The molecule has 0 saturated carbocycles. The van der Waals surface area contributed by atoms with Crippen molar-refractivity contribution in [2.75, 3.05) is 18.4 Å². The van der Waals surface area contributed by atoms with E-state index in [9.17, 15) is 4.79 Å². The zero-order valence-corrected chi connectivity index (χ0v) is 16.0. The van der Waals surface area contributed by atoms with Crippen molar-refractivity contribution in [2.45, 2.75) is 39.2 Å². The lowest BCUT2D eigenvalue weighted by Gasteiger charge is -2.32. The van der Waals surface area contributed by atoms with Crippen LogP contribution in [0.1, 0.15) is 41.9 Å². The van der Waals surface area contributed by atoms with Crippen LogP contribution in [0.2, 0.25) is 0 Å². The smallest absolute Gasteiger partial charge is 0.255 e. The molecule has 1 aliphatic rings. The van der Waals surface area contributed by atoms with Gasteiger partial charge < -0.3 is 15.2 Å². The summed E-state index contributed by atoms with van der Waals surface area (Å²) in [6.45, 7) is 6.62. The molecule has 5 nitrogen and oxygen atoms in total. The first-order chi connectivity index (χ1) is 13.2. The first-order valence-corrected chi connectivity index (χ1v) is 9.78. The summed E-state index contributed by atoms with van der Waals surface area (Å²) in [6.07, 6.45) is 6.66. The molecule has 0 aliphatic heterocycles. The number of nitrogens with zero attached hydrogens (tertiary/aromatic N) is 2. The van der Waals surface area contributed by atoms with E-state index in [0.29, 0.717) is 17.3 Å². The number of likely N-dealkylation sites (N-methyl/N-ethyl adjacent to an activating group) is 1. The van der Waals surface area contributed by atoms with Gasteiger partial charge in [-0.1, -0.05) is 13.8 Å². The number of hydrogen-bond acceptors (Lipinski definition) is 3. The molecule has 2 aromatic heterocycles. The highest BCUT2D eigenvalue weighted by Gasteiger charge is 2.25. The van der Waals surface area contributed by atoms with E-state index >= 15 is 0 Å². The van der Waals surface area contributed by atoms with Gasteiger partial charge in [0.1, 0.15) is 0 Å². The number of pyridine rings is 1. The lowest BCUT2D eigenvalue weighted by molar-refractivity contribution is 0.102. The number of rotatable bonds is 5. The van der Waals surface area contributed by atoms with E-state index in [2.05, 4.69) is 34.0 Å². The molecule has 0 radical (unpaired) electrons. The van der Waals surface area contributed by atoms with Crippen LogP contribution < -0.4 is 5.32 Å². The van der Waals surface area contributed by atoms with Crippen molar-refractivity contribution in [2.24, 2.45) is 0 Å². The van der Waals surface area contributed by atoms with Crippen LogP contribution in [0.25, 0.3) is 10.9 Å². The number of benzene rings is 1. The lowest BCUT2D eigenvalue weighted by atomic mass is 9.90. The number of carbonyl (C=O) groups is 1. The Balaban J connectivity index is 1.63. The van der Waals surface area contributed by atoms with Crippen LogP contribution in [0.15, 0.2) is 42.7 Å². The predicted molar refractivity (Wildman–Crippen MR) is 109 cm³/mol. The monoisotopic (exact) mass is 362 g/mol. The average Bonchev–Trinajstić information content (AvgIpc) is 3.07. The molecule has 27 heavy (non-hydrogen) atoms. The Morgan fingerprint density at radius 3 is 2.89 bits per heavy atom. The van der Waals surface area contributed by atoms with Crippen LogP contribution in [-0.2, 0) is 12.8 Å². The molecule has 1 aromatic carbocycles. The average molecular weight is 362 g/mol. The molecule has 0 saturated heterocycles. The van der Waals surface area contributed by atoms with E-state index in [0.717, 1.165) is 31.4 Å². The second-order valence-electron chi connectivity index (χ2n) is 7.16. The van der Waals surface area contributed by atoms with Crippen LogP contribution in [0.5, 0.6) is 0 Å². The van der Waals surface area contributed by atoms with Crippen molar-refractivity contribution in [1.29, 1.82) is 0 Å². The highest BCUT2D eigenvalue weighted by atomic mass is 16.1. The fraction of sp³-hybridized carbons (Fsp3) is 0.364. The fourth-order valence-corrected chi connectivity index (χ4v) is 4.23. The molecule has 2 heterocycles. The Bertz CT molecular complexity index is 944. The van der Waals surface area contributed by atoms with E-state index in [1.165, 1.54) is 23.1 Å². The topological polar surface area (TPSA) is 61.0 Å². The van der Waals surface area contributed by atoms with Crippen molar-refractivity contribution in [3.63, 3.8) is 0 Å². The van der Waals surface area contributed by atoms with Gasteiger partial charge >= 0.3 is 0 Å². The molecule has 1 amide bonds. The maximum absolute atomic E-state index is 12.7. The highest BCUT2D eigenvalue weighted by Crippen LogP contribution is 2.31. The van der Waals surface area contributed by atoms with Crippen LogP contribution in [0, 0.1) is 0 Å². The summed E-state index contributed by atoms with van der Waals surface area (Å²) in [6, 6.07) is 10.2. The Hall–Kier alpha value is -2.66. The van der Waals surface area contributed by atoms with Gasteiger partial charge in [-0.05, 0) is 68.2 Å². The number of H-pyrrole nitrogens is 1. The number of fused-ring (bicyclic) bond motifs is 3. The largest absolute Gasteiger partial charge is 0.358 e. The summed E-state index contributed by atoms with van der Waals surface area (Å²) in [5, 5.41) is 4.10. The van der Waals surface area contributed by atoms with Crippen molar-refractivity contribution in [3.05, 3.63) is 59.5 Å². The molecule has 4 rings (SSSR count). The van der Waals surface area contributed by atoms with Gasteiger partial charge in [0, 0.05) is 34.4 Å². The van der Waals surface area contributed by atoms with Gasteiger partial charge in [-0.25, -0.2) is 0 Å². The molecule has 1 atom stereocenters. The molecule has 0 bridgehead atoms. The maximum atomic E-state index is 12.7. The molecule has 2 N–H and O–H groups in total. The Morgan fingerprint density at radius 1 is 1.30 bits per heavy atom. The highest BCUT2D eigenvalue weighted by molar-refractivity contribution is 6.06. The van der Waals surface area contributed by atoms with E-state index < -0.39 is 0 Å². The standard InChI is InChI=1S/C22H26N4O/c1-3-26(4-2)17-8-10-21-19(13-17)18-12-15(7-9-20(18)25-21)22(27)24-16-6-5-11-23-14-16/h5-7,9,11-12,14,17,25H,3-4,8,10,13H2,1-2H3,(H,24,27). The summed E-state index contributed by atoms with van der Waals surface area (Å²) >= 11 is 0. The molecule has 1 aliphatic carbocycles. The van der Waals surface area contributed by atoms with Crippen LogP contribution in [0.4, 0.5) is 5.69 Å². The molecule has 0 fully saturated rings. The summed E-state index contributed by atoms with van der Waals surface area (Å²) in [5.74, 6) is -0.101. The Kier molecular flexibility index (Phi) is 4.94. The lowest BCUT2D eigenvalue weighted by Crippen LogP contribution is -2.38. The van der Waals surface area contributed by atoms with Crippen molar-refractivity contribution in [3.8, 4) is 0 Å². The SMILES string of the molecule is CCN(CC)C1CCc2[nH]c3ccc(C(=O)Nc4cccnc4)cc3c2C1. The minimum atomic E-state index is -0.101. The third-order valence-corrected chi connectivity index (χ3v) is 5.67. The minimum absolute atomic E-state index is 0.101. The van der Waals surface area contributed by atoms with E-state index in [-0.39, 0.29) is 5.91 Å². The molecule has 1 unspecified atom stereocenters. The third-order valence-electron chi connectivity index (χ3n) is 5.67. The zero-order valence-electron chi connectivity index (χ0n) is 16.0. The number of aryl methyl sites for hydroxylation is 1. The third kappa shape index (κ3) is 3.47. The molecular weight excluding hydrogens is 336 g/mol. The molecule has 140 valence electrons. The van der Waals surface area contributed by atoms with Crippen molar-refractivity contribution in [1.82, 2.24) is 14.9 Å². The predicted octanol–water partition coefficient (Wildman–Crippen LogP) is 4.01. The minimum Gasteiger partial charge on any atom is -0.358 e. The van der Waals surface area contributed by atoms with Crippen LogP contribution >= 0.6 is 0 Å². The molecule has 5 heteroatoms. The van der Waals surface area contributed by atoms with Gasteiger partial charge in [-0.15, -0.1) is 0 Å². The van der Waals surface area contributed by atoms with Crippen LogP contribution in [-0.4, -0.2) is 39.9 Å². The summed E-state index contributed by atoms with van der Waals surface area (Å²) in [4.78, 5) is 22.8. The van der Waals surface area contributed by atoms with Crippen molar-refractivity contribution < 1.29 is 4.79 Å². The number of aromatic nitrogens is 2. The molecule has 3 aromatic rings. The van der Waals surface area contributed by atoms with Gasteiger partial charge in [-0.2, -0.15) is 0 Å². The van der Waals surface area contributed by atoms with Gasteiger partial charge in [0.2, 0.25) is 0 Å². The van der Waals surface area contributed by atoms with E-state index in [4.69, 9.17) is 0 Å². The van der Waals surface area contributed by atoms with E-state index in [1.54, 1.807) is 12.4 Å². The van der Waals surface area contributed by atoms with Gasteiger partial charge in [0.05, 0.1) is 11.9 Å². The summed E-state index contributed by atoms with van der Waals surface area (Å²) < 4.78 is 0. The molecular formula is C22H26N4O. The first kappa shape index (κ1) is 17.7. The van der Waals surface area contributed by atoms with Crippen molar-refractivity contribution >= 4 is 22.5 Å². The normalized spacial score (nSPS) is 16.5. The summed E-state index contributed by atoms with van der Waals surface area (Å²) in [5.41, 5.74) is 5.22. The van der Waals surface area contributed by atoms with Gasteiger partial charge in [-0.3, -0.25) is 9.78 Å². The van der Waals surface area contributed by atoms with Gasteiger partial charge in [0.15, 0.2) is 0 Å². The number of hydrogen-bond donors (Lipinski definition) is 2. The maximum Gasteiger partial charge on any atom is 0.255 e. The first-order valence-electron chi connectivity index (χ1n) is 9.78. The quantitative estimate of drug-likeness (QED) is 0.721. The Labute approximate surface area is 159 Å². The number of aromatic amines is 1. The number of nitrogens with one attached hydrogen (secondary N) is 2. The summed E-state index contributed by atoms with van der Waals surface area (Å²) in [7, 11) is 0. The van der Waals surface area contributed by atoms with Gasteiger partial charge in [0.25, 0.3) is 5.91 Å².